The third-order valence-corrected chi connectivity index (χ3v) is 4.36. The van der Waals surface area contributed by atoms with Crippen LogP contribution >= 0.6 is 0 Å². The van der Waals surface area contributed by atoms with Gasteiger partial charge in [-0.3, -0.25) is 25.6 Å². The Morgan fingerprint density at radius 3 is 2.68 bits per heavy atom. The molecule has 152 valence electrons. The molecule has 0 fully saturated rings. The van der Waals surface area contributed by atoms with Gasteiger partial charge in [-0.1, -0.05) is 38.3 Å². The summed E-state index contributed by atoms with van der Waals surface area (Å²) in [5.41, 5.74) is 6.11. The van der Waals surface area contributed by atoms with Crippen molar-refractivity contribution in [2.24, 2.45) is 5.92 Å². The van der Waals surface area contributed by atoms with Crippen LogP contribution < -0.4 is 15.8 Å². The highest BCUT2D eigenvalue weighted by atomic mass is 16.5. The second-order valence-corrected chi connectivity index (χ2v) is 6.82. The molecule has 28 heavy (non-hydrogen) atoms. The van der Waals surface area contributed by atoms with Gasteiger partial charge in [0.05, 0.1) is 18.0 Å². The van der Waals surface area contributed by atoms with E-state index in [1.165, 1.54) is 0 Å². The van der Waals surface area contributed by atoms with Crippen molar-refractivity contribution in [3.63, 3.8) is 0 Å². The molecule has 0 saturated heterocycles. The quantitative estimate of drug-likeness (QED) is 0.234. The molecule has 1 unspecified atom stereocenters. The minimum absolute atomic E-state index is 0.0672. The number of carbonyl (C=O) groups excluding carboxylic acids is 2. The zero-order valence-corrected chi connectivity index (χ0v) is 16.6. The summed E-state index contributed by atoms with van der Waals surface area (Å²) in [5, 5.41) is 10.9. The van der Waals surface area contributed by atoms with Crippen molar-refractivity contribution in [2.45, 2.75) is 32.6 Å². The van der Waals surface area contributed by atoms with Crippen LogP contribution in [-0.2, 0) is 9.59 Å². The van der Waals surface area contributed by atoms with E-state index in [2.05, 4.69) is 27.7 Å². The first-order valence-electron chi connectivity index (χ1n) is 9.37. The summed E-state index contributed by atoms with van der Waals surface area (Å²) < 4.78 is 0. The Labute approximate surface area is 164 Å². The number of nitrogens with one attached hydrogen (secondary N) is 2. The number of unbranched alkanes of at least 4 members (excludes halogenated alkanes) is 2. The minimum Gasteiger partial charge on any atom is -0.362 e. The molecule has 2 rings (SSSR count). The van der Waals surface area contributed by atoms with Crippen LogP contribution in [0.4, 0.5) is 11.8 Å². The fourth-order valence-electron chi connectivity index (χ4n) is 2.89. The molecule has 0 bridgehead atoms. The predicted molar refractivity (Wildman–Crippen MR) is 108 cm³/mol. The lowest BCUT2D eigenvalue weighted by Crippen LogP contribution is -2.40. The van der Waals surface area contributed by atoms with Gasteiger partial charge in [0, 0.05) is 19.5 Å². The number of amides is 2. The van der Waals surface area contributed by atoms with Gasteiger partial charge in [-0.15, -0.1) is 0 Å². The third kappa shape index (κ3) is 5.78. The normalized spacial score (nSPS) is 11.7. The van der Waals surface area contributed by atoms with Gasteiger partial charge in [0.15, 0.2) is 0 Å². The largest absolute Gasteiger partial charge is 0.362 e. The lowest BCUT2D eigenvalue weighted by atomic mass is 10.0. The van der Waals surface area contributed by atoms with E-state index in [1.807, 2.05) is 43.3 Å². The third-order valence-electron chi connectivity index (χ3n) is 4.36. The van der Waals surface area contributed by atoms with Crippen LogP contribution in [0.1, 0.15) is 32.6 Å². The number of benzene rings is 1. The highest BCUT2D eigenvalue weighted by Crippen LogP contribution is 2.23. The molecule has 1 atom stereocenters. The van der Waals surface area contributed by atoms with Gasteiger partial charge < -0.3 is 4.90 Å². The summed E-state index contributed by atoms with van der Waals surface area (Å²) in [5.74, 6) is 0.117. The molecule has 3 N–H and O–H groups in total. The van der Waals surface area contributed by atoms with Crippen molar-refractivity contribution in [3.05, 3.63) is 24.3 Å². The lowest BCUT2D eigenvalue weighted by Gasteiger charge is -2.20. The molecule has 9 heteroatoms. The van der Waals surface area contributed by atoms with Crippen LogP contribution in [0.5, 0.6) is 0 Å². The van der Waals surface area contributed by atoms with Gasteiger partial charge in [-0.2, -0.15) is 4.98 Å². The molecule has 0 aliphatic carbocycles. The smallest absolute Gasteiger partial charge is 0.244 e. The number of hydrogen-bond acceptors (Lipinski definition) is 7. The van der Waals surface area contributed by atoms with Crippen LogP contribution in [0.3, 0.4) is 0 Å². The fraction of sp³-hybridized carbons (Fsp3) is 0.474. The lowest BCUT2D eigenvalue weighted by molar-refractivity contribution is -0.154. The molecule has 1 aromatic heterocycles. The Morgan fingerprint density at radius 2 is 2.00 bits per heavy atom. The number of anilines is 2. The zero-order valence-electron chi connectivity index (χ0n) is 16.6. The minimum atomic E-state index is -0.539. The molecular formula is C19H28N6O3. The van der Waals surface area contributed by atoms with Gasteiger partial charge >= 0.3 is 0 Å². The van der Waals surface area contributed by atoms with Crippen LogP contribution in [0.2, 0.25) is 0 Å². The Balaban J connectivity index is 2.11. The maximum atomic E-state index is 12.6. The Kier molecular flexibility index (Phi) is 7.94. The number of aromatic nitrogens is 2. The van der Waals surface area contributed by atoms with E-state index in [1.54, 1.807) is 0 Å². The first kappa shape index (κ1) is 21.4. The Bertz CT molecular complexity index is 798. The van der Waals surface area contributed by atoms with E-state index >= 15 is 0 Å². The van der Waals surface area contributed by atoms with Crippen LogP contribution in [0.25, 0.3) is 10.9 Å². The summed E-state index contributed by atoms with van der Waals surface area (Å²) in [6.45, 7) is 2.00. The average Bonchev–Trinajstić information content (AvgIpc) is 2.70. The Morgan fingerprint density at radius 1 is 1.25 bits per heavy atom. The molecule has 0 aliphatic rings. The van der Waals surface area contributed by atoms with E-state index in [4.69, 9.17) is 0 Å². The van der Waals surface area contributed by atoms with Crippen molar-refractivity contribution in [2.75, 3.05) is 31.0 Å². The van der Waals surface area contributed by atoms with Crippen LogP contribution in [0.15, 0.2) is 24.3 Å². The summed E-state index contributed by atoms with van der Waals surface area (Å²) in [7, 11) is 3.77. The van der Waals surface area contributed by atoms with E-state index in [9.17, 15) is 14.8 Å². The van der Waals surface area contributed by atoms with Gasteiger partial charge in [0.25, 0.3) is 0 Å². The van der Waals surface area contributed by atoms with Gasteiger partial charge in [-0.05, 0) is 18.6 Å². The maximum Gasteiger partial charge on any atom is 0.244 e. The first-order valence-corrected chi connectivity index (χ1v) is 9.37. The number of rotatable bonds is 11. The molecule has 2 amide bonds. The highest BCUT2D eigenvalue weighted by molar-refractivity contribution is 5.90. The van der Waals surface area contributed by atoms with Crippen molar-refractivity contribution < 1.29 is 14.8 Å². The average molecular weight is 388 g/mol. The molecule has 0 aliphatic heterocycles. The molecule has 1 heterocycles. The number of hydroxylamine groups is 2. The fourth-order valence-corrected chi connectivity index (χ4v) is 2.89. The van der Waals surface area contributed by atoms with Gasteiger partial charge in [-0.25, -0.2) is 10.0 Å². The van der Waals surface area contributed by atoms with E-state index in [0.29, 0.717) is 17.9 Å². The maximum absolute atomic E-state index is 12.6. The Hall–Kier alpha value is -2.94. The molecule has 0 saturated carbocycles. The molecule has 0 spiro atoms. The number of nitrogens with zero attached hydrogens (tertiary/aromatic N) is 4. The van der Waals surface area contributed by atoms with Crippen LogP contribution in [0, 0.1) is 5.92 Å². The zero-order chi connectivity index (χ0) is 20.5. The van der Waals surface area contributed by atoms with Gasteiger partial charge in [0.2, 0.25) is 18.3 Å². The number of hydrazine groups is 1. The number of carbonyl (C=O) groups is 2. The van der Waals surface area contributed by atoms with E-state index < -0.39 is 5.92 Å². The monoisotopic (exact) mass is 388 g/mol. The standard InChI is InChI=1S/C19H28N6O3/c1-4-5-6-9-14(12-25(28)13-26)18(27)22-23-19-20-16-11-8-7-10-15(16)17(21-19)24(2)3/h7-8,10-11,13-14,28H,4-6,9,12H2,1-3H3,(H,22,27)(H,20,21,23). The van der Waals surface area contributed by atoms with E-state index in [0.717, 1.165) is 36.0 Å². The summed E-state index contributed by atoms with van der Waals surface area (Å²) in [4.78, 5) is 34.0. The van der Waals surface area contributed by atoms with Crippen molar-refractivity contribution in [1.82, 2.24) is 20.5 Å². The second kappa shape index (κ2) is 10.4. The van der Waals surface area contributed by atoms with Gasteiger partial charge in [0.1, 0.15) is 5.82 Å². The molecule has 2 aromatic rings. The van der Waals surface area contributed by atoms with E-state index in [-0.39, 0.29) is 18.4 Å². The molecule has 0 radical (unpaired) electrons. The summed E-state index contributed by atoms with van der Waals surface area (Å²) >= 11 is 0. The molecule has 9 nitrogen and oxygen atoms in total. The number of hydrogen-bond donors (Lipinski definition) is 3. The first-order chi connectivity index (χ1) is 13.5. The van der Waals surface area contributed by atoms with Crippen molar-refractivity contribution in [3.8, 4) is 0 Å². The van der Waals surface area contributed by atoms with Crippen molar-refractivity contribution >= 4 is 35.0 Å². The van der Waals surface area contributed by atoms with Crippen molar-refractivity contribution in [1.29, 1.82) is 0 Å². The highest BCUT2D eigenvalue weighted by Gasteiger charge is 2.21. The number of fused-ring (bicyclic) bond motifs is 1. The molecular weight excluding hydrogens is 360 g/mol. The summed E-state index contributed by atoms with van der Waals surface area (Å²) in [6, 6.07) is 7.61. The topological polar surface area (TPSA) is 111 Å². The predicted octanol–water partition coefficient (Wildman–Crippen LogP) is 2.18. The second-order valence-electron chi connectivity index (χ2n) is 6.82. The SMILES string of the molecule is CCCCCC(CN(O)C=O)C(=O)NNc1nc(N(C)C)c2ccccc2n1. The molecule has 1 aromatic carbocycles. The number of para-hydroxylation sites is 1. The summed E-state index contributed by atoms with van der Waals surface area (Å²) in [6.07, 6.45) is 3.68. The van der Waals surface area contributed by atoms with Crippen LogP contribution in [-0.4, -0.2) is 53.2 Å².